The van der Waals surface area contributed by atoms with Gasteiger partial charge in [0, 0.05) is 6.54 Å². The highest BCUT2D eigenvalue weighted by molar-refractivity contribution is 7.89. The van der Waals surface area contributed by atoms with Crippen molar-refractivity contribution in [2.24, 2.45) is 5.41 Å². The first-order valence-electron chi connectivity index (χ1n) is 6.82. The lowest BCUT2D eigenvalue weighted by Crippen LogP contribution is -2.41. The fourth-order valence-electron chi connectivity index (χ4n) is 2.50. The predicted octanol–water partition coefficient (Wildman–Crippen LogP) is 2.38. The van der Waals surface area contributed by atoms with Crippen LogP contribution in [0.3, 0.4) is 0 Å². The minimum Gasteiger partial charge on any atom is -0.478 e. The van der Waals surface area contributed by atoms with Gasteiger partial charge < -0.3 is 5.11 Å². The molecular weight excluding hydrogens is 297 g/mol. The van der Waals surface area contributed by atoms with Crippen LogP contribution in [0.1, 0.15) is 43.0 Å². The van der Waals surface area contributed by atoms with Gasteiger partial charge in [0.05, 0.1) is 5.56 Å². The Morgan fingerprint density at radius 3 is 2.57 bits per heavy atom. The van der Waals surface area contributed by atoms with Gasteiger partial charge in [-0.3, -0.25) is 0 Å². The zero-order chi connectivity index (χ0) is 15.7. The van der Waals surface area contributed by atoms with Crippen LogP contribution in [0.15, 0.2) is 23.1 Å². The van der Waals surface area contributed by atoms with E-state index in [1.165, 1.54) is 0 Å². The Labute approximate surface area is 123 Å². The monoisotopic (exact) mass is 315 g/mol. The van der Waals surface area contributed by atoms with E-state index in [-0.39, 0.29) is 17.5 Å². The molecule has 2 rings (SSSR count). The fourth-order valence-corrected chi connectivity index (χ4v) is 3.76. The highest BCUT2D eigenvalue weighted by Gasteiger charge is 2.36. The Hall–Kier alpha value is -1.47. The number of halogens is 1. The molecule has 5 nitrogen and oxygen atoms in total. The summed E-state index contributed by atoms with van der Waals surface area (Å²) in [5, 5.41) is 8.87. The number of carboxylic acid groups (broad SMARTS) is 1. The molecule has 0 atom stereocenters. The van der Waals surface area contributed by atoms with Crippen LogP contribution in [-0.2, 0) is 10.0 Å². The average Bonchev–Trinajstić information content (AvgIpc) is 2.38. The Balaban J connectivity index is 2.23. The average molecular weight is 315 g/mol. The van der Waals surface area contributed by atoms with Crippen molar-refractivity contribution in [3.05, 3.63) is 29.6 Å². The molecule has 1 saturated carbocycles. The van der Waals surface area contributed by atoms with E-state index in [0.29, 0.717) is 0 Å². The Bertz CT molecular complexity index is 647. The molecule has 1 aliphatic carbocycles. The zero-order valence-electron chi connectivity index (χ0n) is 11.7. The third kappa shape index (κ3) is 3.24. The lowest BCUT2D eigenvalue weighted by atomic mass is 9.67. The molecule has 0 amide bonds. The molecule has 1 aromatic rings. The summed E-state index contributed by atoms with van der Waals surface area (Å²) in [6.07, 6.45) is 3.82. The van der Waals surface area contributed by atoms with Crippen LogP contribution in [0, 0.1) is 11.2 Å². The summed E-state index contributed by atoms with van der Waals surface area (Å²) in [5.41, 5.74) is -0.306. The molecule has 0 bridgehead atoms. The minimum atomic E-state index is -4.05. The van der Waals surface area contributed by atoms with Gasteiger partial charge in [-0.25, -0.2) is 22.3 Å². The highest BCUT2D eigenvalue weighted by atomic mass is 32.2. The quantitative estimate of drug-likeness (QED) is 0.844. The van der Waals surface area contributed by atoms with Gasteiger partial charge >= 0.3 is 5.97 Å². The maximum Gasteiger partial charge on any atom is 0.335 e. The number of carbonyl (C=O) groups is 1. The number of nitrogens with one attached hydrogen (secondary N) is 1. The SMILES string of the molecule is CCC1(CNS(=O)(=O)c2cc(C(=O)O)ccc2F)CCC1. The number of hydrogen-bond donors (Lipinski definition) is 2. The van der Waals surface area contributed by atoms with Crippen molar-refractivity contribution in [2.45, 2.75) is 37.5 Å². The van der Waals surface area contributed by atoms with Crippen LogP contribution >= 0.6 is 0 Å². The smallest absolute Gasteiger partial charge is 0.335 e. The second-order valence-electron chi connectivity index (χ2n) is 5.48. The standard InChI is InChI=1S/C14H18FNO4S/c1-2-14(6-3-7-14)9-16-21(19,20)12-8-10(13(17)18)4-5-11(12)15/h4-5,8,16H,2-3,6-7,9H2,1H3,(H,17,18). The van der Waals surface area contributed by atoms with E-state index >= 15 is 0 Å². The van der Waals surface area contributed by atoms with Gasteiger partial charge in [-0.2, -0.15) is 0 Å². The van der Waals surface area contributed by atoms with Crippen molar-refractivity contribution in [3.8, 4) is 0 Å². The van der Waals surface area contributed by atoms with E-state index in [0.717, 1.165) is 43.9 Å². The largest absolute Gasteiger partial charge is 0.478 e. The van der Waals surface area contributed by atoms with Crippen molar-refractivity contribution in [2.75, 3.05) is 6.54 Å². The lowest BCUT2D eigenvalue weighted by Gasteiger charge is -2.41. The van der Waals surface area contributed by atoms with Crippen LogP contribution in [-0.4, -0.2) is 26.0 Å². The molecular formula is C14H18FNO4S. The summed E-state index contributed by atoms with van der Waals surface area (Å²) in [6, 6.07) is 2.74. The summed E-state index contributed by atoms with van der Waals surface area (Å²) >= 11 is 0. The number of benzene rings is 1. The summed E-state index contributed by atoms with van der Waals surface area (Å²) in [5.74, 6) is -2.25. The van der Waals surface area contributed by atoms with E-state index in [9.17, 15) is 17.6 Å². The van der Waals surface area contributed by atoms with Crippen molar-refractivity contribution in [1.29, 1.82) is 0 Å². The van der Waals surface area contributed by atoms with E-state index in [4.69, 9.17) is 5.11 Å². The van der Waals surface area contributed by atoms with Crippen LogP contribution < -0.4 is 4.72 Å². The summed E-state index contributed by atoms with van der Waals surface area (Å²) in [7, 11) is -4.05. The van der Waals surface area contributed by atoms with Gasteiger partial charge in [0.15, 0.2) is 0 Å². The zero-order valence-corrected chi connectivity index (χ0v) is 12.5. The first kappa shape index (κ1) is 15.9. The number of sulfonamides is 1. The highest BCUT2D eigenvalue weighted by Crippen LogP contribution is 2.43. The van der Waals surface area contributed by atoms with E-state index in [1.807, 2.05) is 6.92 Å². The Kier molecular flexibility index (Phi) is 4.34. The molecule has 1 fully saturated rings. The molecule has 0 aliphatic heterocycles. The fraction of sp³-hybridized carbons (Fsp3) is 0.500. The van der Waals surface area contributed by atoms with Gasteiger partial charge in [0.1, 0.15) is 10.7 Å². The molecule has 0 spiro atoms. The third-order valence-corrected chi connectivity index (χ3v) is 5.69. The van der Waals surface area contributed by atoms with Gasteiger partial charge in [0.25, 0.3) is 0 Å². The summed E-state index contributed by atoms with van der Waals surface area (Å²) in [6.45, 7) is 2.25. The molecule has 21 heavy (non-hydrogen) atoms. The summed E-state index contributed by atoms with van der Waals surface area (Å²) in [4.78, 5) is 10.3. The van der Waals surface area contributed by atoms with Gasteiger partial charge in [-0.1, -0.05) is 13.3 Å². The molecule has 0 unspecified atom stereocenters. The van der Waals surface area contributed by atoms with E-state index in [2.05, 4.69) is 4.72 Å². The summed E-state index contributed by atoms with van der Waals surface area (Å²) < 4.78 is 40.5. The topological polar surface area (TPSA) is 83.5 Å². The van der Waals surface area contributed by atoms with Crippen molar-refractivity contribution >= 4 is 16.0 Å². The number of carboxylic acids is 1. The third-order valence-electron chi connectivity index (χ3n) is 4.27. The van der Waals surface area contributed by atoms with Crippen molar-refractivity contribution in [1.82, 2.24) is 4.72 Å². The van der Waals surface area contributed by atoms with Crippen LogP contribution in [0.4, 0.5) is 4.39 Å². The minimum absolute atomic E-state index is 0.0477. The molecule has 0 aromatic heterocycles. The maximum atomic E-state index is 13.7. The Morgan fingerprint density at radius 1 is 1.43 bits per heavy atom. The first-order chi connectivity index (χ1) is 9.80. The number of aromatic carboxylic acids is 1. The second kappa shape index (κ2) is 5.73. The maximum absolute atomic E-state index is 13.7. The molecule has 0 radical (unpaired) electrons. The molecule has 1 aromatic carbocycles. The van der Waals surface area contributed by atoms with Crippen LogP contribution in [0.25, 0.3) is 0 Å². The van der Waals surface area contributed by atoms with Crippen molar-refractivity contribution in [3.63, 3.8) is 0 Å². The Morgan fingerprint density at radius 2 is 2.10 bits per heavy atom. The van der Waals surface area contributed by atoms with Crippen LogP contribution in [0.5, 0.6) is 0 Å². The second-order valence-corrected chi connectivity index (χ2v) is 7.22. The van der Waals surface area contributed by atoms with Gasteiger partial charge in [0.2, 0.25) is 10.0 Å². The predicted molar refractivity (Wildman–Crippen MR) is 75.1 cm³/mol. The first-order valence-corrected chi connectivity index (χ1v) is 8.30. The van der Waals surface area contributed by atoms with Crippen LogP contribution in [0.2, 0.25) is 0 Å². The normalized spacial score (nSPS) is 17.2. The van der Waals surface area contributed by atoms with Gasteiger partial charge in [-0.05, 0) is 42.9 Å². The lowest BCUT2D eigenvalue weighted by molar-refractivity contribution is 0.0696. The molecule has 0 saturated heterocycles. The molecule has 1 aliphatic rings. The van der Waals surface area contributed by atoms with Gasteiger partial charge in [-0.15, -0.1) is 0 Å². The van der Waals surface area contributed by atoms with Crippen molar-refractivity contribution < 1.29 is 22.7 Å². The molecule has 7 heteroatoms. The molecule has 116 valence electrons. The number of hydrogen-bond acceptors (Lipinski definition) is 3. The molecule has 0 heterocycles. The number of rotatable bonds is 6. The van der Waals surface area contributed by atoms with E-state index < -0.39 is 26.7 Å². The van der Waals surface area contributed by atoms with E-state index in [1.54, 1.807) is 0 Å². The molecule has 2 N–H and O–H groups in total.